The van der Waals surface area contributed by atoms with Gasteiger partial charge in [-0.25, -0.2) is 14.6 Å². The van der Waals surface area contributed by atoms with Crippen LogP contribution < -0.4 is 4.90 Å². The van der Waals surface area contributed by atoms with Crippen LogP contribution in [0.25, 0.3) is 10.9 Å². The highest BCUT2D eigenvalue weighted by Crippen LogP contribution is 2.27. The van der Waals surface area contributed by atoms with Gasteiger partial charge in [0, 0.05) is 11.6 Å². The Morgan fingerprint density at radius 2 is 1.86 bits per heavy atom. The van der Waals surface area contributed by atoms with E-state index in [1.807, 2.05) is 51.1 Å². The fraction of sp³-hybridized carbons (Fsp3) is 0.286. The van der Waals surface area contributed by atoms with Crippen LogP contribution >= 0.6 is 0 Å². The first-order valence-electron chi connectivity index (χ1n) is 8.89. The summed E-state index contributed by atoms with van der Waals surface area (Å²) in [7, 11) is 1.31. The lowest BCUT2D eigenvalue weighted by molar-refractivity contribution is 0.0573. The molecule has 146 valence electrons. The molecule has 0 aliphatic rings. The molecule has 0 saturated heterocycles. The fourth-order valence-corrected chi connectivity index (χ4v) is 2.77. The minimum absolute atomic E-state index is 0.272. The van der Waals surface area contributed by atoms with Crippen molar-refractivity contribution in [1.29, 1.82) is 0 Å². The van der Waals surface area contributed by atoms with E-state index in [0.29, 0.717) is 11.3 Å². The van der Waals surface area contributed by atoms with E-state index in [4.69, 9.17) is 9.47 Å². The molecule has 0 bridgehead atoms. The maximum Gasteiger partial charge on any atom is 0.416 e. The molecule has 0 radical (unpaired) electrons. The number of hydrogen-bond acceptors (Lipinski definition) is 5. The van der Waals surface area contributed by atoms with E-state index in [1.54, 1.807) is 18.3 Å². The number of amides is 1. The number of nitrogens with zero attached hydrogens (tertiary/aromatic N) is 2. The first-order valence-corrected chi connectivity index (χ1v) is 8.89. The maximum absolute atomic E-state index is 13.0. The Labute approximate surface area is 163 Å². The van der Waals surface area contributed by atoms with Gasteiger partial charge in [-0.2, -0.15) is 0 Å². The molecule has 0 saturated carbocycles. The predicted molar refractivity (Wildman–Crippen MR) is 106 cm³/mol. The number of pyridine rings is 1. The molecule has 1 aromatic carbocycles. The number of esters is 1. The summed E-state index contributed by atoms with van der Waals surface area (Å²) in [5.74, 6) is -0.111. The van der Waals surface area contributed by atoms with Crippen molar-refractivity contribution in [2.75, 3.05) is 12.0 Å². The molecule has 0 spiro atoms. The van der Waals surface area contributed by atoms with Gasteiger partial charge >= 0.3 is 12.1 Å². The highest BCUT2D eigenvalue weighted by Gasteiger charge is 2.27. The van der Waals surface area contributed by atoms with Crippen LogP contribution in [0.15, 0.2) is 48.7 Å². The number of aromatic nitrogens is 2. The topological polar surface area (TPSA) is 84.5 Å². The van der Waals surface area contributed by atoms with Gasteiger partial charge in [0.15, 0.2) is 5.82 Å². The molecule has 1 N–H and O–H groups in total. The van der Waals surface area contributed by atoms with Crippen molar-refractivity contribution < 1.29 is 19.1 Å². The molecular formula is C21H23N3O4. The van der Waals surface area contributed by atoms with E-state index in [-0.39, 0.29) is 12.2 Å². The normalized spacial score (nSPS) is 11.3. The number of benzene rings is 1. The summed E-state index contributed by atoms with van der Waals surface area (Å²) in [5.41, 5.74) is 1.11. The molecule has 1 amide bonds. The van der Waals surface area contributed by atoms with Crippen LogP contribution in [0.2, 0.25) is 0 Å². The average Bonchev–Trinajstić information content (AvgIpc) is 3.09. The van der Waals surface area contributed by atoms with Gasteiger partial charge < -0.3 is 14.5 Å². The number of H-pyrrole nitrogens is 1. The van der Waals surface area contributed by atoms with Gasteiger partial charge in [0.1, 0.15) is 11.3 Å². The number of fused-ring (bicyclic) bond motifs is 1. The second-order valence-electron chi connectivity index (χ2n) is 7.33. The summed E-state index contributed by atoms with van der Waals surface area (Å²) in [6, 6.07) is 13.0. The lowest BCUT2D eigenvalue weighted by Gasteiger charge is -2.27. The smallest absolute Gasteiger partial charge is 0.416 e. The molecule has 0 fully saturated rings. The van der Waals surface area contributed by atoms with Gasteiger partial charge in [0.2, 0.25) is 0 Å². The third-order valence-electron chi connectivity index (χ3n) is 3.98. The summed E-state index contributed by atoms with van der Waals surface area (Å²) < 4.78 is 10.4. The number of rotatable bonds is 4. The van der Waals surface area contributed by atoms with E-state index < -0.39 is 17.7 Å². The van der Waals surface area contributed by atoms with Crippen molar-refractivity contribution >= 4 is 28.8 Å². The number of ether oxygens (including phenoxy) is 2. The van der Waals surface area contributed by atoms with Crippen LogP contribution in [0.5, 0.6) is 0 Å². The molecule has 0 atom stereocenters. The van der Waals surface area contributed by atoms with Gasteiger partial charge in [-0.05, 0) is 38.5 Å². The maximum atomic E-state index is 13.0. The van der Waals surface area contributed by atoms with Crippen molar-refractivity contribution in [3.05, 3.63) is 59.9 Å². The second-order valence-corrected chi connectivity index (χ2v) is 7.33. The Kier molecular flexibility index (Phi) is 5.35. The minimum Gasteiger partial charge on any atom is -0.464 e. The van der Waals surface area contributed by atoms with Crippen molar-refractivity contribution in [3.63, 3.8) is 0 Å². The van der Waals surface area contributed by atoms with Gasteiger partial charge in [0.05, 0.1) is 19.2 Å². The molecule has 0 aliphatic heterocycles. The Bertz CT molecular complexity index is 990. The fourth-order valence-electron chi connectivity index (χ4n) is 2.77. The number of nitrogens with one attached hydrogen (secondary N) is 1. The standard InChI is InChI=1S/C21H23N3O4/c1-21(2,3)28-20(26)24(13-14-8-6-5-7-9-14)18-17-15(10-11-22-18)12-16(23-17)19(25)27-4/h5-12,23H,13H2,1-4H3. The van der Waals surface area contributed by atoms with Gasteiger partial charge in [0.25, 0.3) is 0 Å². The first kappa shape index (κ1) is 19.4. The number of carbonyl (C=O) groups excluding carboxylic acids is 2. The van der Waals surface area contributed by atoms with E-state index in [0.717, 1.165) is 10.9 Å². The zero-order valence-electron chi connectivity index (χ0n) is 16.4. The Morgan fingerprint density at radius 3 is 2.50 bits per heavy atom. The van der Waals surface area contributed by atoms with Crippen molar-refractivity contribution in [3.8, 4) is 0 Å². The number of anilines is 1. The molecule has 2 aromatic heterocycles. The molecule has 7 heteroatoms. The number of carbonyl (C=O) groups is 2. The Balaban J connectivity index is 2.07. The lowest BCUT2D eigenvalue weighted by Crippen LogP contribution is -2.37. The van der Waals surface area contributed by atoms with E-state index in [1.165, 1.54) is 12.0 Å². The van der Waals surface area contributed by atoms with Gasteiger partial charge in [-0.1, -0.05) is 30.3 Å². The zero-order chi connectivity index (χ0) is 20.3. The van der Waals surface area contributed by atoms with Crippen LogP contribution in [-0.4, -0.2) is 34.7 Å². The summed E-state index contributed by atoms with van der Waals surface area (Å²) in [5, 5.41) is 0.743. The Morgan fingerprint density at radius 1 is 1.14 bits per heavy atom. The molecule has 3 aromatic rings. The van der Waals surface area contributed by atoms with Crippen molar-refractivity contribution in [2.24, 2.45) is 0 Å². The van der Waals surface area contributed by atoms with Crippen LogP contribution in [0, 0.1) is 0 Å². The SMILES string of the molecule is COC(=O)c1cc2ccnc(N(Cc3ccccc3)C(=O)OC(C)(C)C)c2[nH]1. The van der Waals surface area contributed by atoms with Crippen LogP contribution in [-0.2, 0) is 16.0 Å². The van der Waals surface area contributed by atoms with Gasteiger partial charge in [-0.3, -0.25) is 4.90 Å². The lowest BCUT2D eigenvalue weighted by atomic mass is 10.2. The molecule has 0 unspecified atom stereocenters. The number of methoxy groups -OCH3 is 1. The first-order chi connectivity index (χ1) is 13.3. The molecule has 7 nitrogen and oxygen atoms in total. The van der Waals surface area contributed by atoms with E-state index >= 15 is 0 Å². The predicted octanol–water partition coefficient (Wildman–Crippen LogP) is 4.29. The molecule has 2 heterocycles. The highest BCUT2D eigenvalue weighted by atomic mass is 16.6. The summed E-state index contributed by atoms with van der Waals surface area (Å²) >= 11 is 0. The quantitative estimate of drug-likeness (QED) is 0.682. The average molecular weight is 381 g/mol. The van der Waals surface area contributed by atoms with Crippen LogP contribution in [0.1, 0.15) is 36.8 Å². The molecular weight excluding hydrogens is 358 g/mol. The third kappa shape index (κ3) is 4.31. The van der Waals surface area contributed by atoms with E-state index in [9.17, 15) is 9.59 Å². The highest BCUT2D eigenvalue weighted by molar-refractivity contribution is 6.02. The monoisotopic (exact) mass is 381 g/mol. The summed E-state index contributed by atoms with van der Waals surface area (Å²) in [6.07, 6.45) is 1.07. The minimum atomic E-state index is -0.660. The molecule has 0 aliphatic carbocycles. The van der Waals surface area contributed by atoms with Crippen LogP contribution in [0.4, 0.5) is 10.6 Å². The third-order valence-corrected chi connectivity index (χ3v) is 3.98. The Hall–Kier alpha value is -3.35. The largest absolute Gasteiger partial charge is 0.464 e. The van der Waals surface area contributed by atoms with Crippen LogP contribution in [0.3, 0.4) is 0 Å². The van der Waals surface area contributed by atoms with Gasteiger partial charge in [-0.15, -0.1) is 0 Å². The van der Waals surface area contributed by atoms with Crippen molar-refractivity contribution in [2.45, 2.75) is 32.9 Å². The number of hydrogen-bond donors (Lipinski definition) is 1. The molecule has 28 heavy (non-hydrogen) atoms. The summed E-state index contributed by atoms with van der Waals surface area (Å²) in [4.78, 5) is 33.7. The number of aromatic amines is 1. The second kappa shape index (κ2) is 7.72. The zero-order valence-corrected chi connectivity index (χ0v) is 16.4. The summed E-state index contributed by atoms with van der Waals surface area (Å²) in [6.45, 7) is 5.70. The molecule has 3 rings (SSSR count). The van der Waals surface area contributed by atoms with Crippen molar-refractivity contribution in [1.82, 2.24) is 9.97 Å². The van der Waals surface area contributed by atoms with E-state index in [2.05, 4.69) is 9.97 Å².